The third-order valence-corrected chi connectivity index (χ3v) is 4.60. The summed E-state index contributed by atoms with van der Waals surface area (Å²) in [5, 5.41) is 0. The van der Waals surface area contributed by atoms with Gasteiger partial charge in [-0.15, -0.1) is 0 Å². The maximum absolute atomic E-state index is 12.8. The Morgan fingerprint density at radius 3 is 2.04 bits per heavy atom. The molecule has 0 aromatic rings. The van der Waals surface area contributed by atoms with E-state index in [9.17, 15) is 14.4 Å². The van der Waals surface area contributed by atoms with Gasteiger partial charge < -0.3 is 14.2 Å². The minimum Gasteiger partial charge on any atom is -0.463 e. The van der Waals surface area contributed by atoms with Crippen LogP contribution in [0.2, 0.25) is 0 Å². The number of fused-ring (bicyclic) bond motifs is 1. The summed E-state index contributed by atoms with van der Waals surface area (Å²) in [7, 11) is 0. The van der Waals surface area contributed by atoms with E-state index in [1.165, 1.54) is 0 Å². The Labute approximate surface area is 155 Å². The van der Waals surface area contributed by atoms with Crippen LogP contribution in [0.3, 0.4) is 0 Å². The number of esters is 1. The predicted molar refractivity (Wildman–Crippen MR) is 94.5 cm³/mol. The number of amides is 2. The van der Waals surface area contributed by atoms with E-state index < -0.39 is 34.8 Å². The van der Waals surface area contributed by atoms with Crippen molar-refractivity contribution in [3.63, 3.8) is 0 Å². The summed E-state index contributed by atoms with van der Waals surface area (Å²) in [5.74, 6) is -0.335. The second-order valence-corrected chi connectivity index (χ2v) is 9.21. The summed E-state index contributed by atoms with van der Waals surface area (Å²) in [6.45, 7) is 12.4. The normalized spacial score (nSPS) is 27.9. The molecule has 0 radical (unpaired) electrons. The minimum absolute atomic E-state index is 0.0204. The number of carbonyl (C=O) groups is 3. The highest BCUT2D eigenvalue weighted by Crippen LogP contribution is 2.61. The highest BCUT2D eigenvalue weighted by Gasteiger charge is 2.68. The van der Waals surface area contributed by atoms with E-state index in [0.717, 1.165) is 11.3 Å². The quantitative estimate of drug-likeness (QED) is 0.554. The predicted octanol–water partition coefficient (Wildman–Crippen LogP) is 3.89. The first-order valence-corrected chi connectivity index (χ1v) is 9.23. The van der Waals surface area contributed by atoms with Crippen LogP contribution in [0, 0.1) is 11.3 Å². The number of cyclic esters (lactones) is 1. The van der Waals surface area contributed by atoms with Gasteiger partial charge in [0.05, 0.1) is 11.5 Å². The van der Waals surface area contributed by atoms with Crippen molar-refractivity contribution in [2.24, 2.45) is 11.3 Å². The molecular formula is C19H31NO6. The Bertz CT molecular complexity index is 560. The van der Waals surface area contributed by atoms with Gasteiger partial charge in [0.1, 0.15) is 17.8 Å². The molecule has 1 saturated heterocycles. The summed E-state index contributed by atoms with van der Waals surface area (Å²) in [6.07, 6.45) is 0.589. The van der Waals surface area contributed by atoms with Crippen molar-refractivity contribution < 1.29 is 28.6 Å². The van der Waals surface area contributed by atoms with Gasteiger partial charge in [-0.25, -0.2) is 14.5 Å². The van der Waals surface area contributed by atoms with Gasteiger partial charge in [-0.3, -0.25) is 4.79 Å². The van der Waals surface area contributed by atoms with E-state index in [-0.39, 0.29) is 18.5 Å². The van der Waals surface area contributed by atoms with Crippen molar-refractivity contribution in [3.8, 4) is 0 Å². The third-order valence-electron chi connectivity index (χ3n) is 4.60. The molecule has 7 nitrogen and oxygen atoms in total. The minimum atomic E-state index is -0.771. The second-order valence-electron chi connectivity index (χ2n) is 9.21. The van der Waals surface area contributed by atoms with E-state index in [2.05, 4.69) is 0 Å². The Morgan fingerprint density at radius 1 is 1.12 bits per heavy atom. The lowest BCUT2D eigenvalue weighted by atomic mass is 9.92. The summed E-state index contributed by atoms with van der Waals surface area (Å²) < 4.78 is 16.2. The smallest absolute Gasteiger partial charge is 0.420 e. The van der Waals surface area contributed by atoms with Crippen LogP contribution in [0.1, 0.15) is 67.7 Å². The lowest BCUT2D eigenvalue weighted by Gasteiger charge is -2.36. The summed E-state index contributed by atoms with van der Waals surface area (Å²) in [6, 6.07) is -0.566. The molecule has 3 atom stereocenters. The zero-order chi connectivity index (χ0) is 19.9. The number of ether oxygens (including phenoxy) is 3. The molecule has 1 heterocycles. The average Bonchev–Trinajstić information content (AvgIpc) is 3.14. The molecule has 0 unspecified atom stereocenters. The first kappa shape index (κ1) is 20.5. The van der Waals surface area contributed by atoms with Crippen LogP contribution in [0.25, 0.3) is 0 Å². The van der Waals surface area contributed by atoms with Gasteiger partial charge in [0.25, 0.3) is 0 Å². The fourth-order valence-corrected chi connectivity index (χ4v) is 3.55. The van der Waals surface area contributed by atoms with Gasteiger partial charge in [0, 0.05) is 5.92 Å². The third kappa shape index (κ3) is 4.30. The molecule has 7 heteroatoms. The second kappa shape index (κ2) is 6.74. The highest BCUT2D eigenvalue weighted by atomic mass is 16.6. The molecule has 2 amide bonds. The Hall–Kier alpha value is -1.79. The summed E-state index contributed by atoms with van der Waals surface area (Å²) >= 11 is 0. The number of hydrogen-bond acceptors (Lipinski definition) is 6. The molecule has 26 heavy (non-hydrogen) atoms. The van der Waals surface area contributed by atoms with Gasteiger partial charge in [-0.2, -0.15) is 0 Å². The molecular weight excluding hydrogens is 338 g/mol. The van der Waals surface area contributed by atoms with Crippen LogP contribution in [-0.2, 0) is 19.0 Å². The topological polar surface area (TPSA) is 82.1 Å². The molecule has 148 valence electrons. The van der Waals surface area contributed by atoms with E-state index in [1.54, 1.807) is 41.5 Å². The molecule has 2 rings (SSSR count). The maximum atomic E-state index is 12.8. The Balaban J connectivity index is 2.28. The van der Waals surface area contributed by atoms with Gasteiger partial charge in [-0.05, 0) is 54.4 Å². The fraction of sp³-hybridized carbons (Fsp3) is 0.842. The van der Waals surface area contributed by atoms with Gasteiger partial charge in [-0.1, -0.05) is 13.3 Å². The SMILES string of the molecule is CCC[C@]12C[C@H]1[C@H](N(C(=O)OC(C)(C)C)C(=O)OC(C)(C)C)COC2=O. The summed E-state index contributed by atoms with van der Waals surface area (Å²) in [4.78, 5) is 38.8. The number of hydrogen-bond donors (Lipinski definition) is 0. The maximum Gasteiger partial charge on any atom is 0.420 e. The molecule has 0 aromatic carbocycles. The molecule has 0 bridgehead atoms. The van der Waals surface area contributed by atoms with Crippen molar-refractivity contribution in [3.05, 3.63) is 0 Å². The van der Waals surface area contributed by atoms with Crippen LogP contribution in [0.4, 0.5) is 9.59 Å². The molecule has 1 aliphatic heterocycles. The largest absolute Gasteiger partial charge is 0.463 e. The van der Waals surface area contributed by atoms with Crippen molar-refractivity contribution in [2.75, 3.05) is 6.61 Å². The Kier molecular flexibility index (Phi) is 5.32. The van der Waals surface area contributed by atoms with E-state index in [1.807, 2.05) is 6.92 Å². The number of imide groups is 1. The molecule has 1 saturated carbocycles. The van der Waals surface area contributed by atoms with Crippen LogP contribution < -0.4 is 0 Å². The molecule has 0 aromatic heterocycles. The standard InChI is InChI=1S/C19H31NO6/c1-8-9-19-10-12(19)13(11-24-14(19)21)20(15(22)25-17(2,3)4)16(23)26-18(5,6)7/h12-13H,8-11H2,1-7H3/t12-,13+,19-/m0/s1. The van der Waals surface area contributed by atoms with E-state index in [0.29, 0.717) is 12.8 Å². The van der Waals surface area contributed by atoms with Gasteiger partial charge >= 0.3 is 18.2 Å². The zero-order valence-electron chi connectivity index (χ0n) is 16.9. The fourth-order valence-electron chi connectivity index (χ4n) is 3.55. The molecule has 2 aliphatic rings. The van der Waals surface area contributed by atoms with E-state index >= 15 is 0 Å². The number of nitrogens with zero attached hydrogens (tertiary/aromatic N) is 1. The van der Waals surface area contributed by atoms with Crippen LogP contribution >= 0.6 is 0 Å². The van der Waals surface area contributed by atoms with Crippen molar-refractivity contribution in [1.82, 2.24) is 4.90 Å². The lowest BCUT2D eigenvalue weighted by molar-refractivity contribution is -0.158. The lowest BCUT2D eigenvalue weighted by Crippen LogP contribution is -2.54. The molecule has 0 N–H and O–H groups in total. The Morgan fingerprint density at radius 2 is 1.62 bits per heavy atom. The number of carbonyl (C=O) groups excluding carboxylic acids is 3. The van der Waals surface area contributed by atoms with Gasteiger partial charge in [0.2, 0.25) is 0 Å². The monoisotopic (exact) mass is 369 g/mol. The summed E-state index contributed by atoms with van der Waals surface area (Å²) in [5.41, 5.74) is -2.10. The first-order chi connectivity index (χ1) is 11.8. The molecule has 0 spiro atoms. The zero-order valence-corrected chi connectivity index (χ0v) is 16.9. The van der Waals surface area contributed by atoms with Gasteiger partial charge in [0.15, 0.2) is 0 Å². The van der Waals surface area contributed by atoms with Crippen molar-refractivity contribution >= 4 is 18.2 Å². The van der Waals surface area contributed by atoms with Crippen molar-refractivity contribution in [2.45, 2.75) is 85.0 Å². The van der Waals surface area contributed by atoms with Crippen molar-refractivity contribution in [1.29, 1.82) is 0 Å². The van der Waals surface area contributed by atoms with E-state index in [4.69, 9.17) is 14.2 Å². The molecule has 1 aliphatic carbocycles. The highest BCUT2D eigenvalue weighted by molar-refractivity contribution is 5.90. The van der Waals surface area contributed by atoms with Crippen LogP contribution in [-0.4, -0.2) is 46.9 Å². The average molecular weight is 369 g/mol. The van der Waals surface area contributed by atoms with Crippen LogP contribution in [0.5, 0.6) is 0 Å². The number of rotatable bonds is 3. The molecule has 2 fully saturated rings. The first-order valence-electron chi connectivity index (χ1n) is 9.23. The van der Waals surface area contributed by atoms with Crippen LogP contribution in [0.15, 0.2) is 0 Å².